The van der Waals surface area contributed by atoms with Gasteiger partial charge >= 0.3 is 5.97 Å². The molecule has 140 valence electrons. The molecule has 0 saturated carbocycles. The van der Waals surface area contributed by atoms with Gasteiger partial charge in [-0.15, -0.1) is 0 Å². The van der Waals surface area contributed by atoms with E-state index >= 15 is 0 Å². The van der Waals surface area contributed by atoms with Gasteiger partial charge < -0.3 is 14.8 Å². The summed E-state index contributed by atoms with van der Waals surface area (Å²) in [6.07, 6.45) is 0.722. The van der Waals surface area contributed by atoms with Crippen LogP contribution in [0.5, 0.6) is 0 Å². The second-order valence-electron chi connectivity index (χ2n) is 6.76. The van der Waals surface area contributed by atoms with Crippen LogP contribution in [-0.2, 0) is 19.1 Å². The smallest absolute Gasteiger partial charge is 0.340 e. The zero-order chi connectivity index (χ0) is 18.7. The lowest BCUT2D eigenvalue weighted by molar-refractivity contribution is -0.145. The highest BCUT2D eigenvalue weighted by Crippen LogP contribution is 2.38. The number of nitrogens with one attached hydrogen (secondary N) is 1. The minimum absolute atomic E-state index is 0.158. The van der Waals surface area contributed by atoms with Crippen molar-refractivity contribution in [3.63, 3.8) is 0 Å². The average Bonchev–Trinajstić information content (AvgIpc) is 3.15. The molecule has 3 rings (SSSR count). The van der Waals surface area contributed by atoms with E-state index in [1.54, 1.807) is 24.3 Å². The Labute approximate surface area is 152 Å². The molecule has 2 atom stereocenters. The van der Waals surface area contributed by atoms with E-state index in [2.05, 4.69) is 5.32 Å². The summed E-state index contributed by atoms with van der Waals surface area (Å²) in [5.41, 5.74) is 1.08. The highest BCUT2D eigenvalue weighted by molar-refractivity contribution is 5.96. The zero-order valence-electron chi connectivity index (χ0n) is 15.1. The normalized spacial score (nSPS) is 21.9. The third-order valence-electron chi connectivity index (χ3n) is 4.55. The number of hydrogen-bond donors (Lipinski definition) is 1. The molecule has 1 aromatic carbocycles. The molecule has 1 N–H and O–H groups in total. The van der Waals surface area contributed by atoms with Crippen molar-refractivity contribution in [1.29, 1.82) is 0 Å². The largest absolute Gasteiger partial charge is 0.433 e. The molecule has 1 saturated heterocycles. The maximum atomic E-state index is 12.6. The first-order valence-corrected chi connectivity index (χ1v) is 8.99. The van der Waals surface area contributed by atoms with E-state index < -0.39 is 18.2 Å². The number of hydrogen-bond acceptors (Lipinski definition) is 5. The molecule has 2 unspecified atom stereocenters. The Morgan fingerprint density at radius 2 is 2.12 bits per heavy atom. The first-order chi connectivity index (χ1) is 12.5. The van der Waals surface area contributed by atoms with Crippen LogP contribution in [0.1, 0.15) is 55.3 Å². The summed E-state index contributed by atoms with van der Waals surface area (Å²) < 4.78 is 10.8. The lowest BCUT2D eigenvalue weighted by atomic mass is 10.1. The highest BCUT2D eigenvalue weighted by atomic mass is 16.6. The lowest BCUT2D eigenvalue weighted by Gasteiger charge is -2.29. The predicted molar refractivity (Wildman–Crippen MR) is 93.2 cm³/mol. The third-order valence-corrected chi connectivity index (χ3v) is 4.55. The van der Waals surface area contributed by atoms with Crippen LogP contribution >= 0.6 is 0 Å². The molecule has 7 nitrogen and oxygen atoms in total. The van der Waals surface area contributed by atoms with Crippen LogP contribution in [0.2, 0.25) is 0 Å². The number of rotatable bonds is 7. The van der Waals surface area contributed by atoms with E-state index in [1.807, 2.05) is 13.8 Å². The van der Waals surface area contributed by atoms with Crippen molar-refractivity contribution in [3.8, 4) is 0 Å². The van der Waals surface area contributed by atoms with Gasteiger partial charge in [-0.3, -0.25) is 14.5 Å². The summed E-state index contributed by atoms with van der Waals surface area (Å²) in [4.78, 5) is 38.4. The number of carbonyl (C=O) groups excluding carboxylic acids is 3. The van der Waals surface area contributed by atoms with Crippen molar-refractivity contribution in [1.82, 2.24) is 10.2 Å². The summed E-state index contributed by atoms with van der Waals surface area (Å²) in [5, 5.41) is 2.85. The molecule has 0 aromatic heterocycles. The Morgan fingerprint density at radius 3 is 2.88 bits per heavy atom. The van der Waals surface area contributed by atoms with Crippen molar-refractivity contribution in [2.45, 2.75) is 51.5 Å². The molecular formula is C19H24N2O5. The van der Waals surface area contributed by atoms with Gasteiger partial charge in [0.05, 0.1) is 11.7 Å². The van der Waals surface area contributed by atoms with Gasteiger partial charge in [-0.05, 0) is 32.8 Å². The number of benzene rings is 1. The number of cyclic esters (lactones) is 1. The van der Waals surface area contributed by atoms with Crippen LogP contribution in [0, 0.1) is 0 Å². The number of amides is 2. The summed E-state index contributed by atoms with van der Waals surface area (Å²) >= 11 is 0. The number of likely N-dealkylation sites (tertiary alicyclic amines) is 1. The number of ether oxygens (including phenoxy) is 2. The molecule has 0 spiro atoms. The first kappa shape index (κ1) is 18.4. The summed E-state index contributed by atoms with van der Waals surface area (Å²) in [6, 6.07) is 6.34. The number of carbonyl (C=O) groups is 3. The zero-order valence-corrected chi connectivity index (χ0v) is 15.1. The van der Waals surface area contributed by atoms with Crippen molar-refractivity contribution in [2.24, 2.45) is 0 Å². The first-order valence-electron chi connectivity index (χ1n) is 8.99. The molecule has 1 fully saturated rings. The van der Waals surface area contributed by atoms with Crippen molar-refractivity contribution in [2.75, 3.05) is 13.2 Å². The molecule has 2 aliphatic heterocycles. The van der Waals surface area contributed by atoms with Crippen LogP contribution < -0.4 is 5.32 Å². The molecule has 0 aliphatic carbocycles. The van der Waals surface area contributed by atoms with Gasteiger partial charge in [0.25, 0.3) is 0 Å². The Kier molecular flexibility index (Phi) is 5.56. The average molecular weight is 360 g/mol. The summed E-state index contributed by atoms with van der Waals surface area (Å²) in [5.74, 6) is -0.862. The Bertz CT molecular complexity index is 703. The fourth-order valence-electron chi connectivity index (χ4n) is 3.31. The molecule has 2 aliphatic rings. The molecule has 0 radical (unpaired) electrons. The van der Waals surface area contributed by atoms with Crippen molar-refractivity contribution < 1.29 is 23.9 Å². The fourth-order valence-corrected chi connectivity index (χ4v) is 3.31. The molecular weight excluding hydrogens is 336 g/mol. The molecule has 2 amide bonds. The van der Waals surface area contributed by atoms with Crippen LogP contribution in [0.3, 0.4) is 0 Å². The van der Waals surface area contributed by atoms with Gasteiger partial charge in [0, 0.05) is 25.1 Å². The monoisotopic (exact) mass is 360 g/mol. The van der Waals surface area contributed by atoms with Gasteiger partial charge in [-0.1, -0.05) is 18.2 Å². The minimum Gasteiger partial charge on any atom is -0.433 e. The van der Waals surface area contributed by atoms with Gasteiger partial charge in [0.15, 0.2) is 0 Å². The Hall–Kier alpha value is -2.41. The Balaban J connectivity index is 1.64. The van der Waals surface area contributed by atoms with Crippen molar-refractivity contribution in [3.05, 3.63) is 35.4 Å². The SMILES string of the molecule is CC(C)OCCCNC(=O)C1CCC(=O)N1C1OC(=O)c2ccccc21. The number of fused-ring (bicyclic) bond motifs is 1. The third kappa shape index (κ3) is 3.72. The Morgan fingerprint density at radius 1 is 1.35 bits per heavy atom. The van der Waals surface area contributed by atoms with E-state index in [0.29, 0.717) is 37.1 Å². The molecule has 2 heterocycles. The fraction of sp³-hybridized carbons (Fsp3) is 0.526. The lowest BCUT2D eigenvalue weighted by Crippen LogP contribution is -2.46. The molecule has 7 heteroatoms. The van der Waals surface area contributed by atoms with E-state index in [0.717, 1.165) is 0 Å². The molecule has 0 bridgehead atoms. The van der Waals surface area contributed by atoms with E-state index in [4.69, 9.17) is 9.47 Å². The van der Waals surface area contributed by atoms with Gasteiger partial charge in [-0.25, -0.2) is 4.79 Å². The maximum absolute atomic E-state index is 12.6. The van der Waals surface area contributed by atoms with Gasteiger partial charge in [0.1, 0.15) is 6.04 Å². The number of esters is 1. The van der Waals surface area contributed by atoms with Gasteiger partial charge in [0.2, 0.25) is 18.0 Å². The van der Waals surface area contributed by atoms with Gasteiger partial charge in [-0.2, -0.15) is 0 Å². The topological polar surface area (TPSA) is 84.9 Å². The number of nitrogens with zero attached hydrogens (tertiary/aromatic N) is 1. The maximum Gasteiger partial charge on any atom is 0.340 e. The highest BCUT2D eigenvalue weighted by Gasteiger charge is 2.46. The summed E-state index contributed by atoms with van der Waals surface area (Å²) in [6.45, 7) is 4.96. The van der Waals surface area contributed by atoms with Crippen LogP contribution in [0.4, 0.5) is 0 Å². The van der Waals surface area contributed by atoms with Crippen molar-refractivity contribution >= 4 is 17.8 Å². The second-order valence-corrected chi connectivity index (χ2v) is 6.76. The predicted octanol–water partition coefficient (Wildman–Crippen LogP) is 1.78. The standard InChI is InChI=1S/C19H24N2O5/c1-12(2)25-11-5-10-20-17(23)15-8-9-16(22)21(15)18-13-6-3-4-7-14(13)19(24)26-18/h3-4,6-7,12,15,18H,5,8-11H2,1-2H3,(H,20,23). The van der Waals surface area contributed by atoms with Crippen LogP contribution in [0.25, 0.3) is 0 Å². The quantitative estimate of drug-likeness (QED) is 0.592. The minimum atomic E-state index is -0.825. The molecule has 26 heavy (non-hydrogen) atoms. The second kappa shape index (κ2) is 7.86. The van der Waals surface area contributed by atoms with E-state index in [-0.39, 0.29) is 24.3 Å². The van der Waals surface area contributed by atoms with Crippen LogP contribution in [0.15, 0.2) is 24.3 Å². The van der Waals surface area contributed by atoms with Crippen LogP contribution in [-0.4, -0.2) is 48.0 Å². The summed E-state index contributed by atoms with van der Waals surface area (Å²) in [7, 11) is 0. The van der Waals surface area contributed by atoms with E-state index in [9.17, 15) is 14.4 Å². The van der Waals surface area contributed by atoms with E-state index in [1.165, 1.54) is 4.90 Å². The molecule has 1 aromatic rings.